The number of para-hydroxylation sites is 2. The maximum absolute atomic E-state index is 12.8. The Labute approximate surface area is 181 Å². The lowest BCUT2D eigenvalue weighted by molar-refractivity contribution is -0.384. The van der Waals surface area contributed by atoms with E-state index in [0.29, 0.717) is 17.9 Å². The summed E-state index contributed by atoms with van der Waals surface area (Å²) in [4.78, 5) is 36.0. The average Bonchev–Trinajstić information content (AvgIpc) is 3.28. The highest BCUT2D eigenvalue weighted by Crippen LogP contribution is 2.22. The van der Waals surface area contributed by atoms with Crippen molar-refractivity contribution >= 4 is 17.3 Å². The molecule has 0 unspecified atom stereocenters. The van der Waals surface area contributed by atoms with E-state index in [2.05, 4.69) is 15.5 Å². The molecule has 0 saturated heterocycles. The second-order valence-electron chi connectivity index (χ2n) is 7.01. The van der Waals surface area contributed by atoms with Gasteiger partial charge in [-0.05, 0) is 36.8 Å². The van der Waals surface area contributed by atoms with Gasteiger partial charge in [-0.15, -0.1) is 0 Å². The first kappa shape index (κ1) is 20.7. The Morgan fingerprint density at radius 1 is 1.12 bits per heavy atom. The van der Waals surface area contributed by atoms with Crippen LogP contribution in [0.25, 0.3) is 5.69 Å². The summed E-state index contributed by atoms with van der Waals surface area (Å²) in [5.74, 6) is -0.706. The second kappa shape index (κ2) is 8.64. The molecule has 0 aliphatic carbocycles. The maximum Gasteiger partial charge on any atom is 0.294 e. The van der Waals surface area contributed by atoms with Gasteiger partial charge in [-0.25, -0.2) is 4.68 Å². The van der Waals surface area contributed by atoms with E-state index < -0.39 is 16.3 Å². The van der Waals surface area contributed by atoms with Crippen LogP contribution in [0.3, 0.4) is 0 Å². The summed E-state index contributed by atoms with van der Waals surface area (Å²) < 4.78 is 3.00. The van der Waals surface area contributed by atoms with Gasteiger partial charge in [0.05, 0.1) is 11.5 Å². The van der Waals surface area contributed by atoms with Gasteiger partial charge in [-0.1, -0.05) is 24.3 Å². The molecule has 4 aromatic rings. The first-order valence-electron chi connectivity index (χ1n) is 9.65. The smallest absolute Gasteiger partial charge is 0.294 e. The van der Waals surface area contributed by atoms with E-state index in [1.165, 1.54) is 28.9 Å². The fourth-order valence-electron chi connectivity index (χ4n) is 3.21. The van der Waals surface area contributed by atoms with E-state index in [-0.39, 0.29) is 17.1 Å². The van der Waals surface area contributed by atoms with Gasteiger partial charge in [0, 0.05) is 35.9 Å². The number of rotatable bonds is 6. The lowest BCUT2D eigenvalue weighted by Gasteiger charge is -2.12. The lowest BCUT2D eigenvalue weighted by Crippen LogP contribution is -2.27. The highest BCUT2D eigenvalue weighted by molar-refractivity contribution is 6.02. The van der Waals surface area contributed by atoms with Crippen molar-refractivity contribution in [3.63, 3.8) is 0 Å². The summed E-state index contributed by atoms with van der Waals surface area (Å²) in [6.07, 6.45) is 3.54. The molecule has 2 heterocycles. The van der Waals surface area contributed by atoms with Gasteiger partial charge >= 0.3 is 0 Å². The van der Waals surface area contributed by atoms with Crippen molar-refractivity contribution in [2.75, 3.05) is 5.32 Å². The third-order valence-corrected chi connectivity index (χ3v) is 4.74. The normalized spacial score (nSPS) is 10.7. The van der Waals surface area contributed by atoms with E-state index >= 15 is 0 Å². The summed E-state index contributed by atoms with van der Waals surface area (Å²) in [6.45, 7) is 2.17. The van der Waals surface area contributed by atoms with Crippen LogP contribution < -0.4 is 10.7 Å². The molecule has 2 aromatic carbocycles. The number of aryl methyl sites for hydroxylation is 1. The number of nitro benzene ring substituents is 1. The van der Waals surface area contributed by atoms with Gasteiger partial charge in [-0.2, -0.15) is 10.2 Å². The van der Waals surface area contributed by atoms with Crippen molar-refractivity contribution in [2.45, 2.75) is 13.5 Å². The van der Waals surface area contributed by atoms with Crippen molar-refractivity contribution in [1.82, 2.24) is 19.6 Å². The van der Waals surface area contributed by atoms with Crippen LogP contribution in [0.1, 0.15) is 21.7 Å². The number of aromatic nitrogens is 4. The summed E-state index contributed by atoms with van der Waals surface area (Å²) in [7, 11) is 0. The zero-order valence-corrected chi connectivity index (χ0v) is 17.0. The minimum atomic E-state index is -0.706. The van der Waals surface area contributed by atoms with Gasteiger partial charge in [-0.3, -0.25) is 24.4 Å². The number of nitrogens with zero attached hydrogens (tertiary/aromatic N) is 5. The quantitative estimate of drug-likeness (QED) is 0.370. The number of amides is 1. The molecule has 0 atom stereocenters. The Hall–Kier alpha value is -4.60. The van der Waals surface area contributed by atoms with E-state index in [4.69, 9.17) is 0 Å². The Bertz CT molecular complexity index is 1340. The van der Waals surface area contributed by atoms with Crippen LogP contribution in [0, 0.1) is 17.0 Å². The summed E-state index contributed by atoms with van der Waals surface area (Å²) in [5, 5.41) is 22.3. The largest absolute Gasteiger partial charge is 0.320 e. The van der Waals surface area contributed by atoms with Crippen molar-refractivity contribution in [1.29, 1.82) is 0 Å². The van der Waals surface area contributed by atoms with Gasteiger partial charge in [0.2, 0.25) is 5.43 Å². The molecular weight excluding hydrogens is 412 g/mol. The van der Waals surface area contributed by atoms with Gasteiger partial charge in [0.25, 0.3) is 11.6 Å². The van der Waals surface area contributed by atoms with E-state index in [1.807, 2.05) is 24.4 Å². The molecule has 0 fully saturated rings. The number of anilines is 1. The number of nitro groups is 1. The average molecular weight is 430 g/mol. The molecule has 1 amide bonds. The van der Waals surface area contributed by atoms with E-state index in [0.717, 1.165) is 5.56 Å². The SMILES string of the molecule is Cc1cc(=O)c(C(=O)Nc2ccc(Cn3cccn3)cc2)nn1-c1ccccc1[N+](=O)[O-]. The molecule has 1 N–H and O–H groups in total. The molecule has 0 bridgehead atoms. The van der Waals surface area contributed by atoms with Crippen LogP contribution in [0.4, 0.5) is 11.4 Å². The van der Waals surface area contributed by atoms with Crippen LogP contribution >= 0.6 is 0 Å². The second-order valence-corrected chi connectivity index (χ2v) is 7.01. The van der Waals surface area contributed by atoms with Gasteiger partial charge in [0.15, 0.2) is 5.69 Å². The molecule has 32 heavy (non-hydrogen) atoms. The molecule has 2 aromatic heterocycles. The minimum Gasteiger partial charge on any atom is -0.320 e. The molecule has 10 heteroatoms. The number of nitrogens with one attached hydrogen (secondary N) is 1. The first-order chi connectivity index (χ1) is 15.4. The Morgan fingerprint density at radius 3 is 2.56 bits per heavy atom. The fraction of sp³-hybridized carbons (Fsp3) is 0.0909. The van der Waals surface area contributed by atoms with Crippen molar-refractivity contribution in [2.24, 2.45) is 0 Å². The van der Waals surface area contributed by atoms with Crippen LogP contribution in [0.5, 0.6) is 0 Å². The van der Waals surface area contributed by atoms with Crippen LogP contribution in [-0.4, -0.2) is 30.4 Å². The summed E-state index contributed by atoms with van der Waals surface area (Å²) >= 11 is 0. The van der Waals surface area contributed by atoms with E-state index in [9.17, 15) is 19.7 Å². The third kappa shape index (κ3) is 4.29. The molecule has 0 radical (unpaired) electrons. The molecule has 0 aliphatic heterocycles. The van der Waals surface area contributed by atoms with Gasteiger partial charge < -0.3 is 5.32 Å². The van der Waals surface area contributed by atoms with Crippen LogP contribution in [0.2, 0.25) is 0 Å². The molecule has 0 aliphatic rings. The first-order valence-corrected chi connectivity index (χ1v) is 9.65. The Morgan fingerprint density at radius 2 is 1.88 bits per heavy atom. The van der Waals surface area contributed by atoms with Crippen LogP contribution in [0.15, 0.2) is 77.9 Å². The maximum atomic E-state index is 12.8. The van der Waals surface area contributed by atoms with Crippen molar-refractivity contribution < 1.29 is 9.72 Å². The highest BCUT2D eigenvalue weighted by atomic mass is 16.6. The Kier molecular flexibility index (Phi) is 5.58. The zero-order valence-electron chi connectivity index (χ0n) is 17.0. The number of carbonyl (C=O) groups is 1. The molecule has 4 rings (SSSR count). The molecule has 0 spiro atoms. The zero-order chi connectivity index (χ0) is 22.7. The summed E-state index contributed by atoms with van der Waals surface area (Å²) in [5.41, 5.74) is 0.860. The highest BCUT2D eigenvalue weighted by Gasteiger charge is 2.20. The predicted molar refractivity (Wildman–Crippen MR) is 117 cm³/mol. The Balaban J connectivity index is 1.60. The topological polar surface area (TPSA) is 125 Å². The predicted octanol–water partition coefficient (Wildman–Crippen LogP) is 2.95. The number of carbonyl (C=O) groups excluding carboxylic acids is 1. The third-order valence-electron chi connectivity index (χ3n) is 4.74. The number of hydrogen-bond donors (Lipinski definition) is 1. The lowest BCUT2D eigenvalue weighted by atomic mass is 10.2. The molecular formula is C22H18N6O4. The molecule has 10 nitrogen and oxygen atoms in total. The number of benzene rings is 2. The summed E-state index contributed by atoms with van der Waals surface area (Å²) in [6, 6.07) is 16.1. The van der Waals surface area contributed by atoms with Crippen LogP contribution in [-0.2, 0) is 6.54 Å². The van der Waals surface area contributed by atoms with Gasteiger partial charge in [0.1, 0.15) is 5.69 Å². The fourth-order valence-corrected chi connectivity index (χ4v) is 3.21. The van der Waals surface area contributed by atoms with E-state index in [1.54, 1.807) is 36.0 Å². The molecule has 0 saturated carbocycles. The monoisotopic (exact) mass is 430 g/mol. The standard InChI is InChI=1S/C22H18N6O4/c1-15-13-20(29)21(25-27(15)18-5-2-3-6-19(18)28(31)32)22(30)24-17-9-7-16(8-10-17)14-26-12-4-11-23-26/h2-13H,14H2,1H3,(H,24,30). The minimum absolute atomic E-state index is 0.159. The van der Waals surface area contributed by atoms with Crippen molar-refractivity contribution in [3.8, 4) is 5.69 Å². The van der Waals surface area contributed by atoms with Crippen molar-refractivity contribution in [3.05, 3.63) is 110 Å². The number of hydrogen-bond acceptors (Lipinski definition) is 6. The molecule has 160 valence electrons.